The monoisotopic (exact) mass is 357 g/mol. The summed E-state index contributed by atoms with van der Waals surface area (Å²) in [6.07, 6.45) is 3.34. The van der Waals surface area contributed by atoms with Crippen LogP contribution < -0.4 is 5.32 Å². The van der Waals surface area contributed by atoms with Crippen molar-refractivity contribution in [3.8, 4) is 0 Å². The van der Waals surface area contributed by atoms with Crippen molar-refractivity contribution in [2.45, 2.75) is 44.2 Å². The molecule has 1 aromatic heterocycles. The Bertz CT molecular complexity index is 782. The van der Waals surface area contributed by atoms with Gasteiger partial charge in [-0.3, -0.25) is 4.79 Å². The largest absolute Gasteiger partial charge is 0.480 e. The fourth-order valence-corrected chi connectivity index (χ4v) is 3.55. The number of fused-ring (bicyclic) bond motifs is 1. The predicted molar refractivity (Wildman–Crippen MR) is 95.0 cm³/mol. The summed E-state index contributed by atoms with van der Waals surface area (Å²) >= 11 is 0. The third-order valence-corrected chi connectivity index (χ3v) is 4.79. The molecular weight excluding hydrogens is 334 g/mol. The van der Waals surface area contributed by atoms with Crippen molar-refractivity contribution in [1.29, 1.82) is 0 Å². The number of carbonyl (C=O) groups is 2. The highest BCUT2D eigenvalue weighted by molar-refractivity contribution is 5.94. The van der Waals surface area contributed by atoms with E-state index in [1.165, 1.54) is 24.3 Å². The van der Waals surface area contributed by atoms with E-state index in [9.17, 15) is 14.7 Å². The van der Waals surface area contributed by atoms with Crippen molar-refractivity contribution in [1.82, 2.24) is 5.32 Å². The Hall–Kier alpha value is -2.60. The Kier molecular flexibility index (Phi) is 5.73. The number of methoxy groups -OCH3 is 1. The number of nitrogens with one attached hydrogen (secondary N) is 1. The van der Waals surface area contributed by atoms with Gasteiger partial charge in [0.15, 0.2) is 5.76 Å². The second-order valence-electron chi connectivity index (χ2n) is 6.59. The van der Waals surface area contributed by atoms with Crippen molar-refractivity contribution in [3.05, 3.63) is 59.0 Å². The number of carbonyl (C=O) groups excluding carboxylic acids is 1. The zero-order valence-corrected chi connectivity index (χ0v) is 14.7. The van der Waals surface area contributed by atoms with Gasteiger partial charge in [0.05, 0.1) is 0 Å². The van der Waals surface area contributed by atoms with Crippen molar-refractivity contribution < 1.29 is 23.8 Å². The zero-order valence-electron chi connectivity index (χ0n) is 14.7. The van der Waals surface area contributed by atoms with E-state index in [4.69, 9.17) is 9.15 Å². The highest BCUT2D eigenvalue weighted by atomic mass is 16.5. The number of aliphatic carboxylic acids is 1. The molecular formula is C20H23NO5. The number of benzene rings is 1. The number of rotatable bonds is 7. The fraction of sp³-hybridized carbons (Fsp3) is 0.400. The van der Waals surface area contributed by atoms with Gasteiger partial charge in [0.25, 0.3) is 5.91 Å². The lowest BCUT2D eigenvalue weighted by Crippen LogP contribution is -2.42. The summed E-state index contributed by atoms with van der Waals surface area (Å²) in [5.74, 6) is -0.825. The summed E-state index contributed by atoms with van der Waals surface area (Å²) in [5, 5.41) is 12.2. The van der Waals surface area contributed by atoms with E-state index >= 15 is 0 Å². The van der Waals surface area contributed by atoms with Gasteiger partial charge in [0, 0.05) is 7.11 Å². The van der Waals surface area contributed by atoms with E-state index in [1.807, 2.05) is 12.1 Å². The van der Waals surface area contributed by atoms with Crippen LogP contribution in [0.1, 0.15) is 52.6 Å². The zero-order chi connectivity index (χ0) is 18.5. The number of carboxylic acid groups (broad SMARTS) is 1. The Morgan fingerprint density at radius 2 is 2.12 bits per heavy atom. The van der Waals surface area contributed by atoms with Crippen molar-refractivity contribution >= 4 is 11.9 Å². The minimum absolute atomic E-state index is 0.0901. The minimum atomic E-state index is -1.04. The Balaban J connectivity index is 1.70. The average Bonchev–Trinajstić information content (AvgIpc) is 3.10. The number of hydrogen-bond acceptors (Lipinski definition) is 4. The second kappa shape index (κ2) is 8.19. The highest BCUT2D eigenvalue weighted by Crippen LogP contribution is 2.34. The summed E-state index contributed by atoms with van der Waals surface area (Å²) in [6, 6.07) is 10.3. The van der Waals surface area contributed by atoms with Gasteiger partial charge in [-0.2, -0.15) is 0 Å². The number of carboxylic acids is 1. The van der Waals surface area contributed by atoms with E-state index in [1.54, 1.807) is 6.07 Å². The lowest BCUT2D eigenvalue weighted by atomic mass is 9.79. The quantitative estimate of drug-likeness (QED) is 0.795. The number of hydrogen-bond donors (Lipinski definition) is 2. The van der Waals surface area contributed by atoms with E-state index in [0.717, 1.165) is 19.3 Å². The standard InChI is InChI=1S/C20H23NO5/c1-25-12-15-9-10-18(26-15)19(22)21-17(20(23)24)11-14-7-4-6-13-5-2-3-8-16(13)14/h2-3,5,8-10,14,17H,4,6-7,11-12H2,1H3,(H,21,22)(H,23,24). The number of furan rings is 1. The first-order valence-electron chi connectivity index (χ1n) is 8.77. The predicted octanol–water partition coefficient (Wildman–Crippen LogP) is 3.12. The summed E-state index contributed by atoms with van der Waals surface area (Å²) in [5.41, 5.74) is 2.47. The van der Waals surface area contributed by atoms with Gasteiger partial charge in [-0.1, -0.05) is 24.3 Å². The highest BCUT2D eigenvalue weighted by Gasteiger charge is 2.29. The Morgan fingerprint density at radius 3 is 2.88 bits per heavy atom. The van der Waals surface area contributed by atoms with Crippen molar-refractivity contribution in [2.75, 3.05) is 7.11 Å². The third kappa shape index (κ3) is 4.14. The van der Waals surface area contributed by atoms with Crippen LogP contribution in [0.3, 0.4) is 0 Å². The molecule has 0 aliphatic heterocycles. The van der Waals surface area contributed by atoms with Gasteiger partial charge in [-0.25, -0.2) is 4.79 Å². The molecule has 1 aromatic carbocycles. The molecule has 2 atom stereocenters. The molecule has 26 heavy (non-hydrogen) atoms. The molecule has 0 spiro atoms. The summed E-state index contributed by atoms with van der Waals surface area (Å²) in [6.45, 7) is 0.258. The molecule has 2 aromatic rings. The maximum Gasteiger partial charge on any atom is 0.326 e. The summed E-state index contributed by atoms with van der Waals surface area (Å²) < 4.78 is 10.3. The van der Waals surface area contributed by atoms with Crippen LogP contribution in [0.15, 0.2) is 40.8 Å². The van der Waals surface area contributed by atoms with Gasteiger partial charge >= 0.3 is 5.97 Å². The van der Waals surface area contributed by atoms with E-state index in [2.05, 4.69) is 17.4 Å². The molecule has 2 N–H and O–H groups in total. The molecule has 0 saturated carbocycles. The molecule has 1 aliphatic rings. The average molecular weight is 357 g/mol. The molecule has 1 heterocycles. The molecule has 138 valence electrons. The van der Waals surface area contributed by atoms with Gasteiger partial charge in [0.2, 0.25) is 0 Å². The van der Waals surface area contributed by atoms with Gasteiger partial charge in [-0.15, -0.1) is 0 Å². The van der Waals surface area contributed by atoms with Crippen LogP contribution in [-0.2, 0) is 22.6 Å². The fourth-order valence-electron chi connectivity index (χ4n) is 3.55. The third-order valence-electron chi connectivity index (χ3n) is 4.79. The molecule has 1 amide bonds. The summed E-state index contributed by atoms with van der Waals surface area (Å²) in [4.78, 5) is 24.0. The number of ether oxygens (including phenoxy) is 1. The maximum atomic E-state index is 12.4. The van der Waals surface area contributed by atoms with Crippen LogP contribution in [-0.4, -0.2) is 30.1 Å². The normalized spacial score (nSPS) is 17.3. The molecule has 0 saturated heterocycles. The lowest BCUT2D eigenvalue weighted by molar-refractivity contribution is -0.139. The lowest BCUT2D eigenvalue weighted by Gasteiger charge is -2.27. The first-order valence-corrected chi connectivity index (χ1v) is 8.77. The van der Waals surface area contributed by atoms with Crippen LogP contribution in [0.5, 0.6) is 0 Å². The Morgan fingerprint density at radius 1 is 1.31 bits per heavy atom. The van der Waals surface area contributed by atoms with Crippen LogP contribution in [0.25, 0.3) is 0 Å². The van der Waals surface area contributed by atoms with Gasteiger partial charge in [0.1, 0.15) is 18.4 Å². The van der Waals surface area contributed by atoms with Crippen LogP contribution in [0, 0.1) is 0 Å². The molecule has 1 aliphatic carbocycles. The minimum Gasteiger partial charge on any atom is -0.480 e. The molecule has 0 radical (unpaired) electrons. The molecule has 6 nitrogen and oxygen atoms in total. The van der Waals surface area contributed by atoms with Crippen LogP contribution in [0.4, 0.5) is 0 Å². The SMILES string of the molecule is COCc1ccc(C(=O)NC(CC2CCCc3ccccc32)C(=O)O)o1. The van der Waals surface area contributed by atoms with Crippen LogP contribution >= 0.6 is 0 Å². The number of amides is 1. The van der Waals surface area contributed by atoms with E-state index in [0.29, 0.717) is 12.2 Å². The topological polar surface area (TPSA) is 88.8 Å². The van der Waals surface area contributed by atoms with Gasteiger partial charge in [-0.05, 0) is 54.9 Å². The first kappa shape index (κ1) is 18.2. The second-order valence-corrected chi connectivity index (χ2v) is 6.59. The van der Waals surface area contributed by atoms with E-state index in [-0.39, 0.29) is 18.3 Å². The summed E-state index contributed by atoms with van der Waals surface area (Å²) in [7, 11) is 1.53. The Labute approximate surface area is 152 Å². The molecule has 0 fully saturated rings. The van der Waals surface area contributed by atoms with Crippen LogP contribution in [0.2, 0.25) is 0 Å². The smallest absolute Gasteiger partial charge is 0.326 e. The first-order chi connectivity index (χ1) is 12.6. The molecule has 0 bridgehead atoms. The molecule has 6 heteroatoms. The van der Waals surface area contributed by atoms with Crippen molar-refractivity contribution in [2.24, 2.45) is 0 Å². The maximum absolute atomic E-state index is 12.4. The van der Waals surface area contributed by atoms with Crippen molar-refractivity contribution in [3.63, 3.8) is 0 Å². The number of aryl methyl sites for hydroxylation is 1. The van der Waals surface area contributed by atoms with E-state index < -0.39 is 17.9 Å². The van der Waals surface area contributed by atoms with Gasteiger partial charge < -0.3 is 19.6 Å². The molecule has 2 unspecified atom stereocenters. The molecule has 3 rings (SSSR count).